The zero-order valence-electron chi connectivity index (χ0n) is 10.1. The van der Waals surface area contributed by atoms with Crippen molar-refractivity contribution in [2.75, 3.05) is 20.2 Å². The van der Waals surface area contributed by atoms with Crippen LogP contribution in [0.1, 0.15) is 12.8 Å². The number of rotatable bonds is 4. The van der Waals surface area contributed by atoms with Crippen molar-refractivity contribution in [1.29, 1.82) is 0 Å². The maximum atomic E-state index is 11.7. The van der Waals surface area contributed by atoms with Gasteiger partial charge in [-0.25, -0.2) is 9.59 Å². The fourth-order valence-corrected chi connectivity index (χ4v) is 2.06. The van der Waals surface area contributed by atoms with Gasteiger partial charge in [-0.3, -0.25) is 4.79 Å². The van der Waals surface area contributed by atoms with E-state index >= 15 is 0 Å². The van der Waals surface area contributed by atoms with Gasteiger partial charge in [-0.05, 0) is 12.8 Å². The van der Waals surface area contributed by atoms with Crippen LogP contribution >= 0.6 is 0 Å². The second kappa shape index (κ2) is 4.83. The predicted octanol–water partition coefficient (Wildman–Crippen LogP) is -0.336. The van der Waals surface area contributed by atoms with E-state index in [1.807, 2.05) is 0 Å². The fourth-order valence-electron chi connectivity index (χ4n) is 2.06. The number of amides is 2. The Morgan fingerprint density at radius 2 is 1.94 bits per heavy atom. The number of carboxylic acids is 1. The first-order valence-electron chi connectivity index (χ1n) is 5.89. The van der Waals surface area contributed by atoms with Gasteiger partial charge < -0.3 is 20.1 Å². The molecule has 0 aromatic carbocycles. The molecule has 1 aliphatic heterocycles. The van der Waals surface area contributed by atoms with Crippen LogP contribution in [0.4, 0.5) is 4.79 Å². The molecular formula is C11H16N2O5. The Morgan fingerprint density at radius 3 is 2.39 bits per heavy atom. The Balaban J connectivity index is 1.84. The third-order valence-electron chi connectivity index (χ3n) is 3.34. The standard InChI is InChI=1S/C11H16N2O5/c1-18-11(17)12-8(10(15)16)7-4-13(5-7)9(14)6-2-3-6/h6-8H,2-5H2,1H3,(H,12,17)(H,15,16). The van der Waals surface area contributed by atoms with E-state index < -0.39 is 18.1 Å². The van der Waals surface area contributed by atoms with Gasteiger partial charge in [0.15, 0.2) is 0 Å². The van der Waals surface area contributed by atoms with Gasteiger partial charge in [0.1, 0.15) is 6.04 Å². The van der Waals surface area contributed by atoms with E-state index in [0.29, 0.717) is 13.1 Å². The highest BCUT2D eigenvalue weighted by Gasteiger charge is 2.44. The Bertz CT molecular complexity index is 374. The van der Waals surface area contributed by atoms with Crippen LogP contribution in [0.2, 0.25) is 0 Å². The molecule has 2 aliphatic rings. The molecule has 0 bridgehead atoms. The van der Waals surface area contributed by atoms with E-state index in [-0.39, 0.29) is 17.7 Å². The summed E-state index contributed by atoms with van der Waals surface area (Å²) in [6.07, 6.45) is 1.10. The highest BCUT2D eigenvalue weighted by Crippen LogP contribution is 2.34. The number of carbonyl (C=O) groups is 3. The molecule has 2 N–H and O–H groups in total. The van der Waals surface area contributed by atoms with Gasteiger partial charge in [0.25, 0.3) is 0 Å². The predicted molar refractivity (Wildman–Crippen MR) is 59.8 cm³/mol. The lowest BCUT2D eigenvalue weighted by Gasteiger charge is -2.42. The summed E-state index contributed by atoms with van der Waals surface area (Å²) in [5.41, 5.74) is 0. The quantitative estimate of drug-likeness (QED) is 0.717. The number of carbonyl (C=O) groups excluding carboxylic acids is 2. The van der Waals surface area contributed by atoms with Crippen LogP contribution in [0.25, 0.3) is 0 Å². The van der Waals surface area contributed by atoms with Crippen molar-refractivity contribution in [3.05, 3.63) is 0 Å². The number of methoxy groups -OCH3 is 1. The van der Waals surface area contributed by atoms with Crippen molar-refractivity contribution in [1.82, 2.24) is 10.2 Å². The highest BCUT2D eigenvalue weighted by atomic mass is 16.5. The average Bonchev–Trinajstić information content (AvgIpc) is 3.08. The largest absolute Gasteiger partial charge is 0.480 e. The van der Waals surface area contributed by atoms with Crippen LogP contribution in [-0.2, 0) is 14.3 Å². The molecule has 0 aromatic rings. The van der Waals surface area contributed by atoms with E-state index in [0.717, 1.165) is 12.8 Å². The Morgan fingerprint density at radius 1 is 1.33 bits per heavy atom. The second-order valence-electron chi connectivity index (χ2n) is 4.73. The molecule has 1 unspecified atom stereocenters. The number of alkyl carbamates (subject to hydrolysis) is 1. The van der Waals surface area contributed by atoms with Crippen LogP contribution in [0, 0.1) is 11.8 Å². The first kappa shape index (κ1) is 12.7. The molecule has 1 aliphatic carbocycles. The van der Waals surface area contributed by atoms with Crippen LogP contribution in [-0.4, -0.2) is 54.2 Å². The molecule has 2 rings (SSSR count). The van der Waals surface area contributed by atoms with Gasteiger partial charge in [0.05, 0.1) is 7.11 Å². The maximum Gasteiger partial charge on any atom is 0.407 e. The van der Waals surface area contributed by atoms with Gasteiger partial charge in [0.2, 0.25) is 5.91 Å². The summed E-state index contributed by atoms with van der Waals surface area (Å²) in [7, 11) is 1.18. The minimum atomic E-state index is -1.11. The molecule has 1 saturated heterocycles. The SMILES string of the molecule is COC(=O)NC(C(=O)O)C1CN(C(=O)C2CC2)C1. The van der Waals surface area contributed by atoms with Crippen molar-refractivity contribution >= 4 is 18.0 Å². The van der Waals surface area contributed by atoms with Crippen molar-refractivity contribution in [2.45, 2.75) is 18.9 Å². The first-order chi connectivity index (χ1) is 8.52. The fraction of sp³-hybridized carbons (Fsp3) is 0.727. The number of hydrogen-bond donors (Lipinski definition) is 2. The molecule has 2 amide bonds. The molecule has 7 nitrogen and oxygen atoms in total. The zero-order chi connectivity index (χ0) is 13.3. The molecule has 7 heteroatoms. The zero-order valence-corrected chi connectivity index (χ0v) is 10.1. The van der Waals surface area contributed by atoms with E-state index in [1.165, 1.54) is 7.11 Å². The van der Waals surface area contributed by atoms with Crippen molar-refractivity contribution in [3.8, 4) is 0 Å². The van der Waals surface area contributed by atoms with Gasteiger partial charge >= 0.3 is 12.1 Å². The Labute approximate surface area is 104 Å². The van der Waals surface area contributed by atoms with Crippen molar-refractivity contribution in [3.63, 3.8) is 0 Å². The normalized spacial score (nSPS) is 20.8. The van der Waals surface area contributed by atoms with Gasteiger partial charge in [-0.1, -0.05) is 0 Å². The molecule has 2 fully saturated rings. The molecule has 100 valence electrons. The molecular weight excluding hydrogens is 240 g/mol. The lowest BCUT2D eigenvalue weighted by Crippen LogP contribution is -2.61. The topological polar surface area (TPSA) is 95.9 Å². The van der Waals surface area contributed by atoms with Crippen LogP contribution in [0.5, 0.6) is 0 Å². The maximum absolute atomic E-state index is 11.7. The third-order valence-corrected chi connectivity index (χ3v) is 3.34. The monoisotopic (exact) mass is 256 g/mol. The molecule has 1 atom stereocenters. The average molecular weight is 256 g/mol. The lowest BCUT2D eigenvalue weighted by atomic mass is 9.91. The molecule has 1 saturated carbocycles. The number of likely N-dealkylation sites (tertiary alicyclic amines) is 1. The van der Waals surface area contributed by atoms with Crippen molar-refractivity contribution < 1.29 is 24.2 Å². The van der Waals surface area contributed by atoms with E-state index in [1.54, 1.807) is 4.90 Å². The molecule has 0 aromatic heterocycles. The summed E-state index contributed by atoms with van der Waals surface area (Å²) in [5, 5.41) is 11.3. The number of hydrogen-bond acceptors (Lipinski definition) is 4. The number of aliphatic carboxylic acids is 1. The third kappa shape index (κ3) is 2.55. The summed E-state index contributed by atoms with van der Waals surface area (Å²) >= 11 is 0. The number of nitrogens with one attached hydrogen (secondary N) is 1. The summed E-state index contributed by atoms with van der Waals surface area (Å²) in [6, 6.07) is -0.999. The number of nitrogens with zero attached hydrogens (tertiary/aromatic N) is 1. The molecule has 18 heavy (non-hydrogen) atoms. The van der Waals surface area contributed by atoms with Crippen LogP contribution in [0.3, 0.4) is 0 Å². The van der Waals surface area contributed by atoms with Gasteiger partial charge in [0, 0.05) is 24.9 Å². The summed E-state index contributed by atoms with van der Waals surface area (Å²) in [4.78, 5) is 35.4. The summed E-state index contributed by atoms with van der Waals surface area (Å²) in [5.74, 6) is -1.11. The van der Waals surface area contributed by atoms with Crippen molar-refractivity contribution in [2.24, 2.45) is 11.8 Å². The molecule has 0 radical (unpaired) electrons. The highest BCUT2D eigenvalue weighted by molar-refractivity contribution is 5.83. The smallest absolute Gasteiger partial charge is 0.407 e. The minimum absolute atomic E-state index is 0.105. The minimum Gasteiger partial charge on any atom is -0.480 e. The Kier molecular flexibility index (Phi) is 3.40. The Hall–Kier alpha value is -1.79. The van der Waals surface area contributed by atoms with E-state index in [4.69, 9.17) is 5.11 Å². The number of ether oxygens (including phenoxy) is 1. The first-order valence-corrected chi connectivity index (χ1v) is 5.89. The number of carboxylic acid groups (broad SMARTS) is 1. The van der Waals surface area contributed by atoms with E-state index in [2.05, 4.69) is 10.1 Å². The van der Waals surface area contributed by atoms with E-state index in [9.17, 15) is 14.4 Å². The van der Waals surface area contributed by atoms with Crippen LogP contribution in [0.15, 0.2) is 0 Å². The van der Waals surface area contributed by atoms with Crippen LogP contribution < -0.4 is 5.32 Å². The molecule has 0 spiro atoms. The van der Waals surface area contributed by atoms with Gasteiger partial charge in [-0.15, -0.1) is 0 Å². The summed E-state index contributed by atoms with van der Waals surface area (Å²) in [6.45, 7) is 0.770. The van der Waals surface area contributed by atoms with Gasteiger partial charge in [-0.2, -0.15) is 0 Å². The lowest BCUT2D eigenvalue weighted by molar-refractivity contribution is -0.148. The molecule has 1 heterocycles. The second-order valence-corrected chi connectivity index (χ2v) is 4.73. The summed E-state index contributed by atoms with van der Waals surface area (Å²) < 4.78 is 4.38.